The Hall–Kier alpha value is -1.56. The molecular weight excluding hydrogens is 276 g/mol. The zero-order valence-electron chi connectivity index (χ0n) is 11.4. The Balaban J connectivity index is 0.00000161. The molecule has 1 fully saturated rings. The van der Waals surface area contributed by atoms with Crippen LogP contribution in [0.25, 0.3) is 0 Å². The Morgan fingerprint density at radius 2 is 2.30 bits per heavy atom. The topological polar surface area (TPSA) is 66.5 Å². The fraction of sp³-hybridized carbons (Fsp3) is 0.500. The van der Waals surface area contributed by atoms with Gasteiger partial charge in [0.1, 0.15) is 0 Å². The Kier molecular flexibility index (Phi) is 3.20. The molecule has 2 aliphatic heterocycles. The van der Waals surface area contributed by atoms with Crippen molar-refractivity contribution in [2.45, 2.75) is 25.5 Å². The molecule has 1 aromatic rings. The number of benzene rings is 1. The molecule has 1 amide bonds. The van der Waals surface area contributed by atoms with Crippen molar-refractivity contribution < 1.29 is 14.6 Å². The van der Waals surface area contributed by atoms with E-state index in [2.05, 4.69) is 11.6 Å². The number of fused-ring (bicyclic) bond motifs is 1. The first-order valence-corrected chi connectivity index (χ1v) is 8.48. The molecule has 2 aliphatic rings. The van der Waals surface area contributed by atoms with Crippen LogP contribution < -0.4 is 4.72 Å². The van der Waals surface area contributed by atoms with Gasteiger partial charge in [-0.25, -0.2) is 8.42 Å². The molecule has 1 atom stereocenters. The van der Waals surface area contributed by atoms with Crippen molar-refractivity contribution in [3.8, 4) is 0 Å². The third kappa shape index (κ3) is 2.65. The highest BCUT2D eigenvalue weighted by atomic mass is 32.2. The van der Waals surface area contributed by atoms with Crippen LogP contribution in [-0.4, -0.2) is 32.3 Å². The molecule has 6 heteroatoms. The lowest BCUT2D eigenvalue weighted by Gasteiger charge is -2.16. The lowest BCUT2D eigenvalue weighted by atomic mass is 10.1. The van der Waals surface area contributed by atoms with E-state index < -0.39 is 10.0 Å². The largest absolute Gasteiger partial charge is 0.342 e. The van der Waals surface area contributed by atoms with Crippen LogP contribution in [0, 0.1) is 5.92 Å². The second-order valence-corrected chi connectivity index (χ2v) is 7.49. The van der Waals surface area contributed by atoms with Gasteiger partial charge in [0, 0.05) is 14.5 Å². The van der Waals surface area contributed by atoms with Gasteiger partial charge in [-0.1, -0.05) is 19.1 Å². The number of nitrogens with zero attached hydrogens (tertiary/aromatic N) is 1. The molecule has 0 aromatic heterocycles. The summed E-state index contributed by atoms with van der Waals surface area (Å²) in [7, 11) is -3.22. The van der Waals surface area contributed by atoms with Gasteiger partial charge in [0.15, 0.2) is 0 Å². The van der Waals surface area contributed by atoms with Crippen LogP contribution in [0.15, 0.2) is 18.2 Å². The van der Waals surface area contributed by atoms with Crippen LogP contribution >= 0.6 is 0 Å². The predicted octanol–water partition coefficient (Wildman–Crippen LogP) is 1.60. The summed E-state index contributed by atoms with van der Waals surface area (Å²) >= 11 is 0. The van der Waals surface area contributed by atoms with Crippen LogP contribution in [-0.2, 0) is 27.0 Å². The first kappa shape index (κ1) is 13.4. The van der Waals surface area contributed by atoms with Gasteiger partial charge >= 0.3 is 0 Å². The molecule has 110 valence electrons. The number of likely N-dealkylation sites (tertiary alicyclic amines) is 1. The van der Waals surface area contributed by atoms with E-state index in [1.165, 1.54) is 0 Å². The number of hydrogen-bond donors (Lipinski definition) is 1. The molecule has 1 N–H and O–H groups in total. The minimum Gasteiger partial charge on any atom is -0.342 e. The molecule has 0 aliphatic carbocycles. The third-order valence-electron chi connectivity index (χ3n) is 3.91. The lowest BCUT2D eigenvalue weighted by Crippen LogP contribution is -2.29. The van der Waals surface area contributed by atoms with E-state index in [0.29, 0.717) is 18.0 Å². The second kappa shape index (κ2) is 4.77. The zero-order valence-corrected chi connectivity index (χ0v) is 12.2. The average Bonchev–Trinajstić information content (AvgIpc) is 2.90. The first-order chi connectivity index (χ1) is 9.43. The van der Waals surface area contributed by atoms with Crippen molar-refractivity contribution in [3.05, 3.63) is 29.3 Å². The van der Waals surface area contributed by atoms with Gasteiger partial charge in [0.2, 0.25) is 15.9 Å². The maximum Gasteiger partial charge on any atom is 0.237 e. The van der Waals surface area contributed by atoms with Gasteiger partial charge < -0.3 is 4.90 Å². The standard InChI is InChI=1S/C14H18N2O3S.H2/c1-10-4-5-16(8-10)14(17)7-11-2-3-13-12(6-11)9-20(18,19)15-13;/h2-3,6,10,15H,4-5,7-9H2,1H3;1H. The molecule has 2 heterocycles. The molecular formula is C14H20N2O3S. The van der Waals surface area contributed by atoms with Crippen molar-refractivity contribution in [3.63, 3.8) is 0 Å². The van der Waals surface area contributed by atoms with Gasteiger partial charge in [-0.3, -0.25) is 9.52 Å². The van der Waals surface area contributed by atoms with Crippen LogP contribution in [0.5, 0.6) is 0 Å². The number of carbonyl (C=O) groups excluding carboxylic acids is 1. The predicted molar refractivity (Wildman–Crippen MR) is 78.9 cm³/mol. The number of anilines is 1. The normalized spacial score (nSPS) is 23.4. The highest BCUT2D eigenvalue weighted by molar-refractivity contribution is 7.92. The zero-order chi connectivity index (χ0) is 14.3. The summed E-state index contributed by atoms with van der Waals surface area (Å²) in [5.74, 6) is 0.710. The fourth-order valence-electron chi connectivity index (χ4n) is 2.83. The number of rotatable bonds is 2. The van der Waals surface area contributed by atoms with E-state index >= 15 is 0 Å². The molecule has 1 saturated heterocycles. The van der Waals surface area contributed by atoms with Gasteiger partial charge in [-0.05, 0) is 29.5 Å². The molecule has 0 saturated carbocycles. The number of amides is 1. The number of sulfonamides is 1. The van der Waals surface area contributed by atoms with E-state index in [-0.39, 0.29) is 13.1 Å². The van der Waals surface area contributed by atoms with Crippen molar-refractivity contribution in [2.75, 3.05) is 17.8 Å². The van der Waals surface area contributed by atoms with Crippen LogP contribution in [0.2, 0.25) is 0 Å². The maximum atomic E-state index is 12.2. The molecule has 1 aromatic carbocycles. The van der Waals surface area contributed by atoms with E-state index in [9.17, 15) is 13.2 Å². The summed E-state index contributed by atoms with van der Waals surface area (Å²) in [6.45, 7) is 3.82. The Labute approximate surface area is 120 Å². The highest BCUT2D eigenvalue weighted by Crippen LogP contribution is 2.28. The van der Waals surface area contributed by atoms with Crippen LogP contribution in [0.3, 0.4) is 0 Å². The fourth-order valence-corrected chi connectivity index (χ4v) is 4.09. The number of carbonyl (C=O) groups is 1. The lowest BCUT2D eigenvalue weighted by molar-refractivity contribution is -0.129. The summed E-state index contributed by atoms with van der Waals surface area (Å²) in [4.78, 5) is 14.1. The van der Waals surface area contributed by atoms with E-state index in [1.54, 1.807) is 6.07 Å². The molecule has 20 heavy (non-hydrogen) atoms. The molecule has 0 bridgehead atoms. The molecule has 3 rings (SSSR count). The summed E-state index contributed by atoms with van der Waals surface area (Å²) in [6, 6.07) is 5.39. The summed E-state index contributed by atoms with van der Waals surface area (Å²) in [5.41, 5.74) is 2.27. The van der Waals surface area contributed by atoms with E-state index in [4.69, 9.17) is 0 Å². The summed E-state index contributed by atoms with van der Waals surface area (Å²) in [6.07, 6.45) is 1.41. The Morgan fingerprint density at radius 1 is 1.50 bits per heavy atom. The first-order valence-electron chi connectivity index (χ1n) is 6.83. The Bertz CT molecular complexity index is 660. The minimum absolute atomic E-state index is 0. The average molecular weight is 296 g/mol. The maximum absolute atomic E-state index is 12.2. The van der Waals surface area contributed by atoms with Crippen LogP contribution in [0.4, 0.5) is 5.69 Å². The van der Waals surface area contributed by atoms with Crippen molar-refractivity contribution in [2.24, 2.45) is 5.92 Å². The van der Waals surface area contributed by atoms with Gasteiger partial charge in [-0.15, -0.1) is 0 Å². The second-order valence-electron chi connectivity index (χ2n) is 5.76. The van der Waals surface area contributed by atoms with Crippen molar-refractivity contribution >= 4 is 21.6 Å². The third-order valence-corrected chi connectivity index (χ3v) is 5.13. The van der Waals surface area contributed by atoms with Gasteiger partial charge in [-0.2, -0.15) is 0 Å². The monoisotopic (exact) mass is 296 g/mol. The summed E-state index contributed by atoms with van der Waals surface area (Å²) in [5, 5.41) is 0. The summed E-state index contributed by atoms with van der Waals surface area (Å²) < 4.78 is 25.5. The Morgan fingerprint density at radius 3 is 3.00 bits per heavy atom. The van der Waals surface area contributed by atoms with Crippen LogP contribution in [0.1, 0.15) is 25.9 Å². The molecule has 1 unspecified atom stereocenters. The van der Waals surface area contributed by atoms with Gasteiger partial charge in [0.25, 0.3) is 0 Å². The number of nitrogens with one attached hydrogen (secondary N) is 1. The van der Waals surface area contributed by atoms with Gasteiger partial charge in [0.05, 0.1) is 17.9 Å². The highest BCUT2D eigenvalue weighted by Gasteiger charge is 2.25. The van der Waals surface area contributed by atoms with E-state index in [1.807, 2.05) is 17.0 Å². The molecule has 5 nitrogen and oxygen atoms in total. The quantitative estimate of drug-likeness (QED) is 0.901. The number of hydrogen-bond acceptors (Lipinski definition) is 3. The van der Waals surface area contributed by atoms with Crippen molar-refractivity contribution in [1.29, 1.82) is 0 Å². The minimum atomic E-state index is -3.22. The smallest absolute Gasteiger partial charge is 0.237 e. The molecule has 0 radical (unpaired) electrons. The molecule has 0 spiro atoms. The van der Waals surface area contributed by atoms with E-state index in [0.717, 1.165) is 30.6 Å². The SMILES string of the molecule is CC1CCN(C(=O)Cc2ccc3c(c2)CS(=O)(=O)N3)C1.[HH]. The van der Waals surface area contributed by atoms with Crippen molar-refractivity contribution in [1.82, 2.24) is 4.90 Å².